The van der Waals surface area contributed by atoms with E-state index in [4.69, 9.17) is 9.47 Å². The lowest BCUT2D eigenvalue weighted by Gasteiger charge is -2.26. The minimum Gasteiger partial charge on any atom is -0.496 e. The number of benzene rings is 1. The zero-order valence-corrected chi connectivity index (χ0v) is 19.9. The molecule has 0 aliphatic carbocycles. The summed E-state index contributed by atoms with van der Waals surface area (Å²) >= 11 is 0. The molecule has 2 heterocycles. The highest BCUT2D eigenvalue weighted by Crippen LogP contribution is 2.28. The molecule has 2 aromatic rings. The summed E-state index contributed by atoms with van der Waals surface area (Å²) < 4.78 is 11.0. The first-order chi connectivity index (χ1) is 16.0. The molecule has 176 valence electrons. The molecule has 8 nitrogen and oxygen atoms in total. The molecular weight excluding hydrogens is 418 g/mol. The van der Waals surface area contributed by atoms with Crippen molar-refractivity contribution < 1.29 is 14.3 Å². The van der Waals surface area contributed by atoms with Gasteiger partial charge in [0.05, 0.1) is 20.3 Å². The molecule has 0 unspecified atom stereocenters. The molecule has 0 bridgehead atoms. The minimum atomic E-state index is -0.0159. The monoisotopic (exact) mass is 451 g/mol. The van der Waals surface area contributed by atoms with E-state index < -0.39 is 0 Å². The molecule has 1 aromatic heterocycles. The number of morpholine rings is 1. The number of rotatable bonds is 8. The normalized spacial score (nSPS) is 14.5. The number of carbonyl (C=O) groups is 1. The first kappa shape index (κ1) is 24.4. The number of unbranched alkanes of at least 4 members (excludes halogenated alkanes) is 1. The van der Waals surface area contributed by atoms with E-state index >= 15 is 0 Å². The van der Waals surface area contributed by atoms with Crippen LogP contribution >= 0.6 is 0 Å². The third kappa shape index (κ3) is 6.61. The third-order valence-corrected chi connectivity index (χ3v) is 5.40. The van der Waals surface area contributed by atoms with Crippen molar-refractivity contribution in [3.63, 3.8) is 0 Å². The van der Waals surface area contributed by atoms with Crippen LogP contribution in [0.5, 0.6) is 5.75 Å². The Balaban J connectivity index is 1.97. The fourth-order valence-corrected chi connectivity index (χ4v) is 3.47. The number of aliphatic imine (C=N–C) groups is 1. The number of carbonyl (C=O) groups excluding carboxylic acids is 1. The summed E-state index contributed by atoms with van der Waals surface area (Å²) in [6, 6.07) is 3.91. The lowest BCUT2D eigenvalue weighted by atomic mass is 10.0. The van der Waals surface area contributed by atoms with Crippen molar-refractivity contribution in [2.45, 2.75) is 33.6 Å². The van der Waals surface area contributed by atoms with Gasteiger partial charge in [-0.3, -0.25) is 9.79 Å². The third-order valence-electron chi connectivity index (χ3n) is 5.40. The number of ether oxygens (including phenoxy) is 2. The zero-order chi connectivity index (χ0) is 23.6. The Morgan fingerprint density at radius 3 is 2.64 bits per heavy atom. The number of allylic oxidation sites excluding steroid dienone is 1. The highest BCUT2D eigenvalue weighted by atomic mass is 16.5. The molecule has 33 heavy (non-hydrogen) atoms. The number of aromatic nitrogens is 2. The van der Waals surface area contributed by atoms with Gasteiger partial charge in [0.1, 0.15) is 18.1 Å². The zero-order valence-electron chi connectivity index (χ0n) is 19.9. The number of methoxy groups -OCH3 is 1. The van der Waals surface area contributed by atoms with Gasteiger partial charge >= 0.3 is 0 Å². The number of aryl methyl sites for hydroxylation is 1. The molecule has 1 amide bonds. The number of amides is 1. The van der Waals surface area contributed by atoms with Crippen molar-refractivity contribution in [2.75, 3.05) is 40.0 Å². The molecule has 1 aliphatic rings. The summed E-state index contributed by atoms with van der Waals surface area (Å²) in [4.78, 5) is 28.1. The van der Waals surface area contributed by atoms with Crippen LogP contribution in [0.1, 0.15) is 36.5 Å². The van der Waals surface area contributed by atoms with E-state index in [0.29, 0.717) is 43.7 Å². The fourth-order valence-electron chi connectivity index (χ4n) is 3.47. The number of hydrogen-bond acceptors (Lipinski definition) is 6. The molecule has 1 N–H and O–H groups in total. The van der Waals surface area contributed by atoms with Gasteiger partial charge in [-0.2, -0.15) is 0 Å². The predicted octanol–water partition coefficient (Wildman–Crippen LogP) is 3.28. The molecule has 0 atom stereocenters. The molecule has 3 rings (SSSR count). The van der Waals surface area contributed by atoms with Crippen LogP contribution in [0, 0.1) is 13.8 Å². The number of nitrogens with zero attached hydrogens (tertiary/aromatic N) is 4. The molecular formula is C25H33N5O3. The van der Waals surface area contributed by atoms with Crippen LogP contribution in [0.25, 0.3) is 11.4 Å². The van der Waals surface area contributed by atoms with Gasteiger partial charge in [0, 0.05) is 42.2 Å². The molecule has 0 radical (unpaired) electrons. The van der Waals surface area contributed by atoms with Crippen molar-refractivity contribution in [1.29, 1.82) is 0 Å². The van der Waals surface area contributed by atoms with Crippen LogP contribution in [-0.2, 0) is 9.53 Å². The van der Waals surface area contributed by atoms with E-state index in [0.717, 1.165) is 35.1 Å². The Morgan fingerprint density at radius 1 is 1.24 bits per heavy atom. The Labute approximate surface area is 195 Å². The molecule has 1 aromatic carbocycles. The minimum absolute atomic E-state index is 0.0159. The first-order valence-corrected chi connectivity index (χ1v) is 11.3. The van der Waals surface area contributed by atoms with Crippen molar-refractivity contribution in [1.82, 2.24) is 20.2 Å². The van der Waals surface area contributed by atoms with Crippen LogP contribution in [-0.4, -0.2) is 66.6 Å². The number of hydrogen-bond donors (Lipinski definition) is 1. The molecule has 1 aliphatic heterocycles. The Morgan fingerprint density at radius 2 is 1.97 bits per heavy atom. The molecule has 1 saturated heterocycles. The van der Waals surface area contributed by atoms with Crippen molar-refractivity contribution in [3.05, 3.63) is 53.5 Å². The van der Waals surface area contributed by atoms with Gasteiger partial charge in [0.15, 0.2) is 5.82 Å². The number of amidine groups is 1. The van der Waals surface area contributed by atoms with E-state index in [1.54, 1.807) is 24.4 Å². The maximum Gasteiger partial charge on any atom is 0.244 e. The van der Waals surface area contributed by atoms with Gasteiger partial charge < -0.3 is 19.7 Å². The quantitative estimate of drug-likeness (QED) is 0.489. The van der Waals surface area contributed by atoms with Crippen molar-refractivity contribution in [3.8, 4) is 17.1 Å². The van der Waals surface area contributed by atoms with Crippen molar-refractivity contribution in [2.24, 2.45) is 4.99 Å². The molecule has 0 saturated carbocycles. The second-order valence-electron chi connectivity index (χ2n) is 7.93. The second-order valence-corrected chi connectivity index (χ2v) is 7.93. The molecule has 8 heteroatoms. The van der Waals surface area contributed by atoms with Gasteiger partial charge in [0.2, 0.25) is 5.91 Å². The summed E-state index contributed by atoms with van der Waals surface area (Å²) in [7, 11) is 1.64. The van der Waals surface area contributed by atoms with Crippen LogP contribution < -0.4 is 10.1 Å². The lowest BCUT2D eigenvalue weighted by molar-refractivity contribution is -0.133. The smallest absolute Gasteiger partial charge is 0.244 e. The van der Waals surface area contributed by atoms with E-state index in [9.17, 15) is 4.79 Å². The van der Waals surface area contributed by atoms with Crippen LogP contribution in [0.3, 0.4) is 0 Å². The van der Waals surface area contributed by atoms with E-state index in [1.165, 1.54) is 0 Å². The lowest BCUT2D eigenvalue weighted by Crippen LogP contribution is -2.42. The summed E-state index contributed by atoms with van der Waals surface area (Å²) in [5, 5.41) is 3.29. The van der Waals surface area contributed by atoms with Crippen molar-refractivity contribution >= 4 is 11.7 Å². The standard InChI is InChI=1S/C25H33N5O3/c1-5-6-7-8-26-25(29-17-23(31)30-9-11-33-12-10-30)21-13-20(14-22(32-4)19(21)3)24-27-15-18(2)16-28-24/h7-8,13-16H,5-6,9-12,17H2,1-4H3,(H,26,29)/b8-7+. The van der Waals surface area contributed by atoms with Crippen LogP contribution in [0.4, 0.5) is 0 Å². The largest absolute Gasteiger partial charge is 0.496 e. The van der Waals surface area contributed by atoms with Crippen LogP contribution in [0.15, 0.2) is 41.8 Å². The Kier molecular flexibility index (Phi) is 8.95. The van der Waals surface area contributed by atoms with E-state index in [2.05, 4.69) is 33.3 Å². The Bertz CT molecular complexity index is 996. The number of nitrogens with one attached hydrogen (secondary N) is 1. The first-order valence-electron chi connectivity index (χ1n) is 11.3. The average molecular weight is 452 g/mol. The summed E-state index contributed by atoms with van der Waals surface area (Å²) in [6.07, 6.45) is 9.51. The summed E-state index contributed by atoms with van der Waals surface area (Å²) in [6.45, 7) is 8.43. The fraction of sp³-hybridized carbons (Fsp3) is 0.440. The van der Waals surface area contributed by atoms with E-state index in [-0.39, 0.29) is 12.5 Å². The maximum atomic E-state index is 12.7. The highest BCUT2D eigenvalue weighted by Gasteiger charge is 2.18. The van der Waals surface area contributed by atoms with Gasteiger partial charge in [-0.25, -0.2) is 9.97 Å². The topological polar surface area (TPSA) is 88.9 Å². The summed E-state index contributed by atoms with van der Waals surface area (Å²) in [5.41, 5.74) is 3.57. The molecule has 1 fully saturated rings. The average Bonchev–Trinajstić information content (AvgIpc) is 2.85. The Hall–Kier alpha value is -3.26. The van der Waals surface area contributed by atoms with Gasteiger partial charge in [-0.15, -0.1) is 0 Å². The second kappa shape index (κ2) is 12.1. The maximum absolute atomic E-state index is 12.7. The predicted molar refractivity (Wildman–Crippen MR) is 129 cm³/mol. The van der Waals surface area contributed by atoms with Gasteiger partial charge in [-0.05, 0) is 44.2 Å². The molecule has 0 spiro atoms. The van der Waals surface area contributed by atoms with Gasteiger partial charge in [0.25, 0.3) is 0 Å². The van der Waals surface area contributed by atoms with E-state index in [1.807, 2.05) is 32.2 Å². The van der Waals surface area contributed by atoms with Crippen LogP contribution in [0.2, 0.25) is 0 Å². The van der Waals surface area contributed by atoms with Gasteiger partial charge in [-0.1, -0.05) is 19.4 Å². The highest BCUT2D eigenvalue weighted by molar-refractivity contribution is 6.03. The SMILES string of the molecule is CCC/C=C/NC(=NCC(=O)N1CCOCC1)c1cc(-c2ncc(C)cn2)cc(OC)c1C. The summed E-state index contributed by atoms with van der Waals surface area (Å²) in [5.74, 6) is 1.90.